The predicted molar refractivity (Wildman–Crippen MR) is 74.4 cm³/mol. The Bertz CT molecular complexity index is 517. The maximum Gasteiger partial charge on any atom is 0.250 e. The van der Waals surface area contributed by atoms with Gasteiger partial charge in [0.25, 0.3) is 5.91 Å². The van der Waals surface area contributed by atoms with Crippen molar-refractivity contribution in [2.45, 2.75) is 39.8 Å². The molecule has 4 heteroatoms. The van der Waals surface area contributed by atoms with Gasteiger partial charge in [0.15, 0.2) is 5.72 Å². The molecule has 2 rings (SSSR count). The topological polar surface area (TPSA) is 52.9 Å². The standard InChI is InChI=1S/C15H20N2O2/c1-11-10-15(19,12-8-6-5-7-9-12)17(16-11)13(18)14(2,3)4/h5-9,19H,10H2,1-4H3. The van der Waals surface area contributed by atoms with Crippen molar-refractivity contribution < 1.29 is 9.90 Å². The van der Waals surface area contributed by atoms with Gasteiger partial charge in [-0.2, -0.15) is 10.1 Å². The molecule has 4 nitrogen and oxygen atoms in total. The molecule has 1 aromatic carbocycles. The van der Waals surface area contributed by atoms with Crippen molar-refractivity contribution in [1.82, 2.24) is 5.01 Å². The third kappa shape index (κ3) is 2.40. The van der Waals surface area contributed by atoms with E-state index in [2.05, 4.69) is 5.10 Å². The molecule has 1 aromatic rings. The van der Waals surface area contributed by atoms with Crippen molar-refractivity contribution in [1.29, 1.82) is 0 Å². The monoisotopic (exact) mass is 260 g/mol. The van der Waals surface area contributed by atoms with Crippen LogP contribution in [-0.2, 0) is 10.5 Å². The van der Waals surface area contributed by atoms with Crippen molar-refractivity contribution in [3.63, 3.8) is 0 Å². The molecule has 0 saturated carbocycles. The summed E-state index contributed by atoms with van der Waals surface area (Å²) >= 11 is 0. The Kier molecular flexibility index (Phi) is 3.22. The second-order valence-electron chi connectivity index (χ2n) is 6.06. The molecule has 0 fully saturated rings. The number of carbonyl (C=O) groups is 1. The lowest BCUT2D eigenvalue weighted by atomic mass is 9.92. The summed E-state index contributed by atoms with van der Waals surface area (Å²) in [6.07, 6.45) is 0.346. The van der Waals surface area contributed by atoms with Gasteiger partial charge in [0.05, 0.1) is 0 Å². The highest BCUT2D eigenvalue weighted by Crippen LogP contribution is 2.37. The van der Waals surface area contributed by atoms with Crippen LogP contribution >= 0.6 is 0 Å². The minimum absolute atomic E-state index is 0.185. The first-order valence-corrected chi connectivity index (χ1v) is 6.42. The first-order valence-electron chi connectivity index (χ1n) is 6.42. The molecular weight excluding hydrogens is 240 g/mol. The second-order valence-corrected chi connectivity index (χ2v) is 6.06. The number of hydrogen-bond acceptors (Lipinski definition) is 3. The van der Waals surface area contributed by atoms with Crippen molar-refractivity contribution >= 4 is 11.6 Å². The third-order valence-electron chi connectivity index (χ3n) is 3.19. The summed E-state index contributed by atoms with van der Waals surface area (Å²) < 4.78 is 0. The Hall–Kier alpha value is -1.68. The summed E-state index contributed by atoms with van der Waals surface area (Å²) in [4.78, 5) is 12.5. The van der Waals surface area contributed by atoms with E-state index in [-0.39, 0.29) is 5.91 Å². The van der Waals surface area contributed by atoms with Gasteiger partial charge in [-0.15, -0.1) is 0 Å². The van der Waals surface area contributed by atoms with Crippen LogP contribution in [0.2, 0.25) is 0 Å². The fraction of sp³-hybridized carbons (Fsp3) is 0.467. The summed E-state index contributed by atoms with van der Waals surface area (Å²) in [5, 5.41) is 16.4. The van der Waals surface area contributed by atoms with Gasteiger partial charge in [-0.3, -0.25) is 4.79 Å². The zero-order chi connectivity index (χ0) is 14.3. The lowest BCUT2D eigenvalue weighted by Gasteiger charge is -2.35. The minimum Gasteiger partial charge on any atom is -0.365 e. The molecule has 1 N–H and O–H groups in total. The number of hydrazone groups is 1. The van der Waals surface area contributed by atoms with Gasteiger partial charge < -0.3 is 5.11 Å². The Balaban J connectivity index is 2.44. The van der Waals surface area contributed by atoms with Crippen LogP contribution in [0.15, 0.2) is 35.4 Å². The van der Waals surface area contributed by atoms with E-state index in [1.54, 1.807) is 0 Å². The summed E-state index contributed by atoms with van der Waals surface area (Å²) in [5.74, 6) is -0.185. The Morgan fingerprint density at radius 2 is 1.89 bits per heavy atom. The lowest BCUT2D eigenvalue weighted by Crippen LogP contribution is -2.47. The van der Waals surface area contributed by atoms with Crippen LogP contribution in [0.1, 0.15) is 39.7 Å². The maximum atomic E-state index is 12.5. The van der Waals surface area contributed by atoms with Crippen LogP contribution in [0.4, 0.5) is 0 Å². The molecule has 0 saturated heterocycles. The molecule has 1 heterocycles. The molecule has 1 unspecified atom stereocenters. The minimum atomic E-state index is -1.37. The van der Waals surface area contributed by atoms with Gasteiger partial charge in [-0.25, -0.2) is 0 Å². The van der Waals surface area contributed by atoms with Crippen LogP contribution in [0, 0.1) is 5.41 Å². The molecule has 1 atom stereocenters. The van der Waals surface area contributed by atoms with Gasteiger partial charge in [-0.05, 0) is 6.92 Å². The van der Waals surface area contributed by atoms with E-state index in [4.69, 9.17) is 0 Å². The molecule has 1 aliphatic heterocycles. The number of carbonyl (C=O) groups excluding carboxylic acids is 1. The zero-order valence-electron chi connectivity index (χ0n) is 11.8. The Labute approximate surface area is 113 Å². The van der Waals surface area contributed by atoms with Gasteiger partial charge in [0.1, 0.15) is 0 Å². The summed E-state index contributed by atoms with van der Waals surface area (Å²) in [6, 6.07) is 9.21. The molecule has 0 bridgehead atoms. The lowest BCUT2D eigenvalue weighted by molar-refractivity contribution is -0.166. The van der Waals surface area contributed by atoms with Crippen LogP contribution in [0.5, 0.6) is 0 Å². The first kappa shape index (κ1) is 13.7. The number of rotatable bonds is 1. The first-order chi connectivity index (χ1) is 8.75. The second kappa shape index (κ2) is 4.46. The van der Waals surface area contributed by atoms with E-state index >= 15 is 0 Å². The molecule has 0 spiro atoms. The molecule has 102 valence electrons. The van der Waals surface area contributed by atoms with E-state index < -0.39 is 11.1 Å². The molecule has 0 aromatic heterocycles. The van der Waals surface area contributed by atoms with E-state index in [9.17, 15) is 9.90 Å². The molecule has 0 radical (unpaired) electrons. The number of nitrogens with zero attached hydrogens (tertiary/aromatic N) is 2. The average Bonchev–Trinajstić information content (AvgIpc) is 2.65. The fourth-order valence-corrected chi connectivity index (χ4v) is 2.18. The number of benzene rings is 1. The number of aliphatic hydroxyl groups is 1. The highest BCUT2D eigenvalue weighted by atomic mass is 16.3. The largest absolute Gasteiger partial charge is 0.365 e. The van der Waals surface area contributed by atoms with E-state index in [0.717, 1.165) is 5.71 Å². The smallest absolute Gasteiger partial charge is 0.250 e. The number of hydrogen-bond donors (Lipinski definition) is 1. The van der Waals surface area contributed by atoms with Crippen LogP contribution in [-0.4, -0.2) is 21.7 Å². The van der Waals surface area contributed by atoms with Gasteiger partial charge >= 0.3 is 0 Å². The molecule has 1 aliphatic rings. The van der Waals surface area contributed by atoms with Crippen molar-refractivity contribution in [3.05, 3.63) is 35.9 Å². The predicted octanol–water partition coefficient (Wildman–Crippen LogP) is 2.49. The molecular formula is C15H20N2O2. The summed E-state index contributed by atoms with van der Waals surface area (Å²) in [7, 11) is 0. The van der Waals surface area contributed by atoms with Crippen LogP contribution in [0.25, 0.3) is 0 Å². The molecule has 1 amide bonds. The SMILES string of the molecule is CC1=NN(C(=O)C(C)(C)C)C(O)(c2ccccc2)C1. The molecule has 19 heavy (non-hydrogen) atoms. The van der Waals surface area contributed by atoms with Crippen LogP contribution in [0.3, 0.4) is 0 Å². The Morgan fingerprint density at radius 3 is 2.42 bits per heavy atom. The average molecular weight is 260 g/mol. The zero-order valence-corrected chi connectivity index (χ0v) is 11.8. The third-order valence-corrected chi connectivity index (χ3v) is 3.19. The van der Waals surface area contributed by atoms with E-state index in [1.165, 1.54) is 5.01 Å². The van der Waals surface area contributed by atoms with E-state index in [1.807, 2.05) is 58.0 Å². The number of amides is 1. The van der Waals surface area contributed by atoms with Gasteiger partial charge in [0, 0.05) is 23.1 Å². The summed E-state index contributed by atoms with van der Waals surface area (Å²) in [5.41, 5.74) is -0.510. The van der Waals surface area contributed by atoms with Gasteiger partial charge in [0.2, 0.25) is 0 Å². The highest BCUT2D eigenvalue weighted by Gasteiger charge is 2.47. The van der Waals surface area contributed by atoms with Gasteiger partial charge in [-0.1, -0.05) is 51.1 Å². The van der Waals surface area contributed by atoms with Crippen molar-refractivity contribution in [3.8, 4) is 0 Å². The quantitative estimate of drug-likeness (QED) is 0.843. The summed E-state index contributed by atoms with van der Waals surface area (Å²) in [6.45, 7) is 7.29. The maximum absolute atomic E-state index is 12.5. The van der Waals surface area contributed by atoms with Crippen molar-refractivity contribution in [2.24, 2.45) is 10.5 Å². The Morgan fingerprint density at radius 1 is 1.32 bits per heavy atom. The normalized spacial score (nSPS) is 23.4. The fourth-order valence-electron chi connectivity index (χ4n) is 2.18. The van der Waals surface area contributed by atoms with Crippen LogP contribution < -0.4 is 0 Å². The molecule has 0 aliphatic carbocycles. The highest BCUT2D eigenvalue weighted by molar-refractivity contribution is 5.90. The van der Waals surface area contributed by atoms with E-state index in [0.29, 0.717) is 12.0 Å². The van der Waals surface area contributed by atoms with Crippen molar-refractivity contribution in [2.75, 3.05) is 0 Å².